The molecule has 0 aliphatic carbocycles. The van der Waals surface area contributed by atoms with Gasteiger partial charge in [-0.1, -0.05) is 31.5 Å². The molecule has 0 bridgehead atoms. The SMILES string of the molecule is CCCCOc1c(C)c(COc2cccc(N3CCC(OCCC(C)(C)O)CC3)c2)nc2ccccc12. The number of aliphatic hydroxyl groups is 1. The molecule has 0 saturated carbocycles. The maximum absolute atomic E-state index is 9.89. The second-order valence-corrected chi connectivity index (χ2v) is 10.6. The maximum atomic E-state index is 9.89. The van der Waals surface area contributed by atoms with E-state index < -0.39 is 5.60 Å². The summed E-state index contributed by atoms with van der Waals surface area (Å²) in [7, 11) is 0. The zero-order valence-corrected chi connectivity index (χ0v) is 22.8. The first kappa shape index (κ1) is 27.2. The fraction of sp³-hybridized carbons (Fsp3) is 0.516. The van der Waals surface area contributed by atoms with Crippen molar-refractivity contribution in [3.05, 3.63) is 59.8 Å². The molecule has 1 aromatic heterocycles. The summed E-state index contributed by atoms with van der Waals surface area (Å²) in [5.74, 6) is 1.75. The lowest BCUT2D eigenvalue weighted by molar-refractivity contribution is -0.00914. The van der Waals surface area contributed by atoms with Crippen LogP contribution < -0.4 is 14.4 Å². The summed E-state index contributed by atoms with van der Waals surface area (Å²) in [5, 5.41) is 10.9. The van der Waals surface area contributed by atoms with Gasteiger partial charge in [0, 0.05) is 42.4 Å². The van der Waals surface area contributed by atoms with Crippen LogP contribution in [-0.2, 0) is 11.3 Å². The lowest BCUT2D eigenvalue weighted by atomic mass is 10.1. The van der Waals surface area contributed by atoms with Crippen molar-refractivity contribution < 1.29 is 19.3 Å². The number of para-hydroxylation sites is 1. The fourth-order valence-electron chi connectivity index (χ4n) is 4.65. The van der Waals surface area contributed by atoms with Crippen molar-refractivity contribution in [3.8, 4) is 11.5 Å². The van der Waals surface area contributed by atoms with Crippen LogP contribution in [0.4, 0.5) is 5.69 Å². The highest BCUT2D eigenvalue weighted by molar-refractivity contribution is 5.86. The number of hydrogen-bond acceptors (Lipinski definition) is 6. The number of piperidine rings is 1. The van der Waals surface area contributed by atoms with Gasteiger partial charge in [0.05, 0.1) is 29.5 Å². The van der Waals surface area contributed by atoms with E-state index in [9.17, 15) is 5.11 Å². The Morgan fingerprint density at radius 2 is 1.81 bits per heavy atom. The molecule has 1 aliphatic rings. The molecule has 0 radical (unpaired) electrons. The summed E-state index contributed by atoms with van der Waals surface area (Å²) in [6.45, 7) is 11.5. The zero-order chi connectivity index (χ0) is 26.3. The third kappa shape index (κ3) is 7.59. The summed E-state index contributed by atoms with van der Waals surface area (Å²) >= 11 is 0. The molecule has 2 aromatic carbocycles. The van der Waals surface area contributed by atoms with Crippen molar-refractivity contribution in [2.45, 2.75) is 78.1 Å². The summed E-state index contributed by atoms with van der Waals surface area (Å²) in [5.41, 5.74) is 3.36. The molecule has 200 valence electrons. The van der Waals surface area contributed by atoms with Crippen molar-refractivity contribution in [2.75, 3.05) is 31.2 Å². The highest BCUT2D eigenvalue weighted by Crippen LogP contribution is 2.32. The molecular weight excluding hydrogens is 464 g/mol. The van der Waals surface area contributed by atoms with Crippen molar-refractivity contribution >= 4 is 16.6 Å². The zero-order valence-electron chi connectivity index (χ0n) is 22.8. The monoisotopic (exact) mass is 506 g/mol. The fourth-order valence-corrected chi connectivity index (χ4v) is 4.65. The van der Waals surface area contributed by atoms with E-state index in [2.05, 4.69) is 43.0 Å². The van der Waals surface area contributed by atoms with Crippen LogP contribution in [0.5, 0.6) is 11.5 Å². The molecule has 0 spiro atoms. The Morgan fingerprint density at radius 1 is 1.03 bits per heavy atom. The smallest absolute Gasteiger partial charge is 0.133 e. The number of unbranched alkanes of at least 4 members (excludes halogenated alkanes) is 1. The summed E-state index contributed by atoms with van der Waals surface area (Å²) < 4.78 is 18.5. The van der Waals surface area contributed by atoms with Crippen molar-refractivity contribution in [3.63, 3.8) is 0 Å². The maximum Gasteiger partial charge on any atom is 0.133 e. The number of nitrogens with zero attached hydrogens (tertiary/aromatic N) is 2. The summed E-state index contributed by atoms with van der Waals surface area (Å²) in [4.78, 5) is 7.28. The van der Waals surface area contributed by atoms with Crippen LogP contribution in [0.3, 0.4) is 0 Å². The van der Waals surface area contributed by atoms with Gasteiger partial charge >= 0.3 is 0 Å². The molecule has 1 aliphatic heterocycles. The topological polar surface area (TPSA) is 64.1 Å². The number of ether oxygens (including phenoxy) is 3. The first-order chi connectivity index (χ1) is 17.8. The van der Waals surface area contributed by atoms with Gasteiger partial charge in [-0.15, -0.1) is 0 Å². The minimum atomic E-state index is -0.675. The van der Waals surface area contributed by atoms with Gasteiger partial charge in [0.1, 0.15) is 18.1 Å². The van der Waals surface area contributed by atoms with Crippen LogP contribution in [0.15, 0.2) is 48.5 Å². The Balaban J connectivity index is 1.38. The molecular formula is C31H42N2O4. The third-order valence-corrected chi connectivity index (χ3v) is 6.99. The molecule has 6 heteroatoms. The van der Waals surface area contributed by atoms with Gasteiger partial charge < -0.3 is 24.2 Å². The molecule has 4 rings (SSSR count). The number of hydrogen-bond donors (Lipinski definition) is 1. The van der Waals surface area contributed by atoms with Crippen molar-refractivity contribution in [1.29, 1.82) is 0 Å². The van der Waals surface area contributed by atoms with Gasteiger partial charge in [-0.25, -0.2) is 4.98 Å². The number of benzene rings is 2. The van der Waals surface area contributed by atoms with Gasteiger partial charge in [0.15, 0.2) is 0 Å². The highest BCUT2D eigenvalue weighted by atomic mass is 16.5. The van der Waals surface area contributed by atoms with E-state index in [-0.39, 0.29) is 6.10 Å². The molecule has 1 saturated heterocycles. The quantitative estimate of drug-likeness (QED) is 0.285. The Hall–Kier alpha value is -2.83. The van der Waals surface area contributed by atoms with Gasteiger partial charge in [0.25, 0.3) is 0 Å². The van der Waals surface area contributed by atoms with E-state index in [1.807, 2.05) is 38.1 Å². The normalized spacial score (nSPS) is 14.8. The first-order valence-electron chi connectivity index (χ1n) is 13.7. The predicted octanol–water partition coefficient (Wildman–Crippen LogP) is 6.45. The highest BCUT2D eigenvalue weighted by Gasteiger charge is 2.21. The summed E-state index contributed by atoms with van der Waals surface area (Å²) in [6, 6.07) is 16.5. The van der Waals surface area contributed by atoms with E-state index in [4.69, 9.17) is 19.2 Å². The molecule has 0 amide bonds. The molecule has 0 unspecified atom stereocenters. The Labute approximate surface area is 221 Å². The number of pyridine rings is 1. The van der Waals surface area contributed by atoms with Crippen LogP contribution in [0, 0.1) is 6.92 Å². The number of anilines is 1. The first-order valence-corrected chi connectivity index (χ1v) is 13.7. The molecule has 37 heavy (non-hydrogen) atoms. The Bertz CT molecular complexity index is 1150. The van der Waals surface area contributed by atoms with E-state index >= 15 is 0 Å². The van der Waals surface area contributed by atoms with E-state index in [1.165, 1.54) is 5.69 Å². The lowest BCUT2D eigenvalue weighted by Crippen LogP contribution is -2.37. The van der Waals surface area contributed by atoms with Crippen LogP contribution in [0.1, 0.15) is 64.1 Å². The molecule has 3 aromatic rings. The predicted molar refractivity (Wildman–Crippen MR) is 150 cm³/mol. The molecule has 0 atom stereocenters. The Kier molecular flexibility index (Phi) is 9.28. The molecule has 6 nitrogen and oxygen atoms in total. The van der Waals surface area contributed by atoms with Crippen molar-refractivity contribution in [2.24, 2.45) is 0 Å². The summed E-state index contributed by atoms with van der Waals surface area (Å²) in [6.07, 6.45) is 5.01. The van der Waals surface area contributed by atoms with Gasteiger partial charge in [-0.2, -0.15) is 0 Å². The average molecular weight is 507 g/mol. The van der Waals surface area contributed by atoms with Crippen LogP contribution in [0.25, 0.3) is 10.9 Å². The largest absolute Gasteiger partial charge is 0.493 e. The third-order valence-electron chi connectivity index (χ3n) is 6.99. The lowest BCUT2D eigenvalue weighted by Gasteiger charge is -2.34. The average Bonchev–Trinajstić information content (AvgIpc) is 2.89. The molecule has 2 heterocycles. The van der Waals surface area contributed by atoms with Gasteiger partial charge in [-0.05, 0) is 70.7 Å². The Morgan fingerprint density at radius 3 is 2.57 bits per heavy atom. The number of rotatable bonds is 12. The number of aromatic nitrogens is 1. The van der Waals surface area contributed by atoms with Crippen molar-refractivity contribution in [1.82, 2.24) is 4.98 Å². The second-order valence-electron chi connectivity index (χ2n) is 10.6. The van der Waals surface area contributed by atoms with Crippen LogP contribution in [-0.4, -0.2) is 48.1 Å². The van der Waals surface area contributed by atoms with Gasteiger partial charge in [-0.3, -0.25) is 0 Å². The minimum absolute atomic E-state index is 0.258. The van der Waals surface area contributed by atoms with E-state index in [1.54, 1.807) is 0 Å². The van der Waals surface area contributed by atoms with Crippen LogP contribution in [0.2, 0.25) is 0 Å². The molecule has 1 N–H and O–H groups in total. The van der Waals surface area contributed by atoms with Crippen LogP contribution >= 0.6 is 0 Å². The van der Waals surface area contributed by atoms with E-state index in [0.29, 0.717) is 26.2 Å². The van der Waals surface area contributed by atoms with E-state index in [0.717, 1.165) is 72.4 Å². The number of fused-ring (bicyclic) bond motifs is 1. The molecule has 1 fully saturated rings. The minimum Gasteiger partial charge on any atom is -0.493 e. The van der Waals surface area contributed by atoms with Gasteiger partial charge in [0.2, 0.25) is 0 Å². The standard InChI is InChI=1S/C31H42N2O4/c1-5-6-19-36-30-23(2)29(32-28-13-8-7-12-27(28)30)22-37-26-11-9-10-24(21-26)33-17-14-25(15-18-33)35-20-16-31(3,4)34/h7-13,21,25,34H,5-6,14-20,22H2,1-4H3. The second kappa shape index (κ2) is 12.6.